The maximum absolute atomic E-state index is 13.0. The molecule has 0 aliphatic heterocycles. The fourth-order valence-electron chi connectivity index (χ4n) is 1.37. The van der Waals surface area contributed by atoms with Crippen molar-refractivity contribution in [1.29, 1.82) is 0 Å². The summed E-state index contributed by atoms with van der Waals surface area (Å²) in [4.78, 5) is 21.6. The summed E-state index contributed by atoms with van der Waals surface area (Å²) in [6.07, 6.45) is 0.0227. The maximum atomic E-state index is 13.0. The smallest absolute Gasteiger partial charge is 0.305 e. The number of carbonyl (C=O) groups excluding carboxylic acids is 1. The molecule has 4 nitrogen and oxygen atoms in total. The number of amides is 1. The highest BCUT2D eigenvalue weighted by Gasteiger charge is 2.05. The van der Waals surface area contributed by atoms with Gasteiger partial charge in [0.05, 0.1) is 12.8 Å². The number of aliphatic carboxylic acids is 1. The molecule has 1 aromatic carbocycles. The van der Waals surface area contributed by atoms with Gasteiger partial charge in [0, 0.05) is 6.54 Å². The fourth-order valence-corrected chi connectivity index (χ4v) is 1.37. The van der Waals surface area contributed by atoms with Crippen molar-refractivity contribution in [3.8, 4) is 0 Å². The summed E-state index contributed by atoms with van der Waals surface area (Å²) in [6.45, 7) is 1.73. The van der Waals surface area contributed by atoms with Gasteiger partial charge in [-0.2, -0.15) is 0 Å². The molecule has 1 rings (SSSR count). The lowest BCUT2D eigenvalue weighted by molar-refractivity contribution is -0.136. The van der Waals surface area contributed by atoms with E-state index < -0.39 is 5.97 Å². The molecule has 0 fully saturated rings. The van der Waals surface area contributed by atoms with Gasteiger partial charge in [-0.25, -0.2) is 4.39 Å². The number of halogens is 1. The van der Waals surface area contributed by atoms with Crippen molar-refractivity contribution < 1.29 is 19.1 Å². The van der Waals surface area contributed by atoms with Crippen LogP contribution in [0, 0.1) is 12.7 Å². The van der Waals surface area contributed by atoms with Gasteiger partial charge < -0.3 is 10.4 Å². The van der Waals surface area contributed by atoms with E-state index in [4.69, 9.17) is 5.11 Å². The number of carboxylic acid groups (broad SMARTS) is 1. The number of hydrogen-bond acceptors (Lipinski definition) is 2. The number of aryl methyl sites for hydroxylation is 1. The van der Waals surface area contributed by atoms with Gasteiger partial charge in [-0.15, -0.1) is 0 Å². The third-order valence-corrected chi connectivity index (χ3v) is 2.25. The lowest BCUT2D eigenvalue weighted by Crippen LogP contribution is -2.27. The Hall–Kier alpha value is -1.91. The van der Waals surface area contributed by atoms with Crippen LogP contribution >= 0.6 is 0 Å². The van der Waals surface area contributed by atoms with Crippen LogP contribution in [0.1, 0.15) is 17.5 Å². The van der Waals surface area contributed by atoms with Crippen molar-refractivity contribution in [3.63, 3.8) is 0 Å². The van der Waals surface area contributed by atoms with Crippen LogP contribution in [0.15, 0.2) is 18.2 Å². The molecule has 5 heteroatoms. The average Bonchev–Trinajstić information content (AvgIpc) is 2.23. The molecule has 1 amide bonds. The SMILES string of the molecule is Cc1cc(CC(=O)NCCC(=O)O)ccc1F. The van der Waals surface area contributed by atoms with Crippen molar-refractivity contribution in [3.05, 3.63) is 35.1 Å². The second-order valence-electron chi connectivity index (χ2n) is 3.75. The van der Waals surface area contributed by atoms with Crippen molar-refractivity contribution in [2.75, 3.05) is 6.54 Å². The van der Waals surface area contributed by atoms with Gasteiger partial charge in [-0.05, 0) is 24.1 Å². The lowest BCUT2D eigenvalue weighted by Gasteiger charge is -2.05. The number of rotatable bonds is 5. The van der Waals surface area contributed by atoms with Crippen LogP contribution in [0.3, 0.4) is 0 Å². The lowest BCUT2D eigenvalue weighted by atomic mass is 10.1. The predicted molar refractivity (Wildman–Crippen MR) is 60.1 cm³/mol. The quantitative estimate of drug-likeness (QED) is 0.813. The van der Waals surface area contributed by atoms with E-state index in [0.717, 1.165) is 0 Å². The normalized spacial score (nSPS) is 10.0. The molecule has 0 unspecified atom stereocenters. The Bertz CT molecular complexity index is 432. The molecule has 92 valence electrons. The Morgan fingerprint density at radius 3 is 2.71 bits per heavy atom. The molecular weight excluding hydrogens is 225 g/mol. The first kappa shape index (κ1) is 13.2. The number of carbonyl (C=O) groups is 2. The van der Waals surface area contributed by atoms with Gasteiger partial charge in [0.2, 0.25) is 5.91 Å². The molecule has 0 saturated carbocycles. The van der Waals surface area contributed by atoms with Crippen LogP contribution in [0.4, 0.5) is 4.39 Å². The zero-order chi connectivity index (χ0) is 12.8. The first-order valence-corrected chi connectivity index (χ1v) is 5.22. The summed E-state index contributed by atoms with van der Waals surface area (Å²) in [5.74, 6) is -1.53. The van der Waals surface area contributed by atoms with Gasteiger partial charge in [-0.1, -0.05) is 12.1 Å². The van der Waals surface area contributed by atoms with E-state index in [1.807, 2.05) is 0 Å². The summed E-state index contributed by atoms with van der Waals surface area (Å²) in [5, 5.41) is 10.9. The number of carboxylic acids is 1. The van der Waals surface area contributed by atoms with Crippen molar-refractivity contribution in [2.24, 2.45) is 0 Å². The minimum Gasteiger partial charge on any atom is -0.481 e. The van der Waals surface area contributed by atoms with Crippen molar-refractivity contribution >= 4 is 11.9 Å². The summed E-state index contributed by atoms with van der Waals surface area (Å²) < 4.78 is 13.0. The van der Waals surface area contributed by atoms with E-state index in [0.29, 0.717) is 11.1 Å². The monoisotopic (exact) mass is 239 g/mol. The van der Waals surface area contributed by atoms with E-state index in [1.54, 1.807) is 19.1 Å². The van der Waals surface area contributed by atoms with Gasteiger partial charge in [0.25, 0.3) is 0 Å². The number of benzene rings is 1. The minimum absolute atomic E-state index is 0.103. The standard InChI is InChI=1S/C12H14FNO3/c1-8-6-9(2-3-10(8)13)7-11(15)14-5-4-12(16)17/h2-3,6H,4-5,7H2,1H3,(H,14,15)(H,16,17). The third kappa shape index (κ3) is 4.63. The van der Waals surface area contributed by atoms with Gasteiger partial charge in [0.1, 0.15) is 5.82 Å². The van der Waals surface area contributed by atoms with Crippen molar-refractivity contribution in [1.82, 2.24) is 5.32 Å². The molecule has 0 aromatic heterocycles. The van der Waals surface area contributed by atoms with Gasteiger partial charge in [-0.3, -0.25) is 9.59 Å². The van der Waals surface area contributed by atoms with E-state index in [-0.39, 0.29) is 31.1 Å². The Morgan fingerprint density at radius 2 is 2.12 bits per heavy atom. The predicted octanol–water partition coefficient (Wildman–Crippen LogP) is 1.27. The van der Waals surface area contributed by atoms with Crippen molar-refractivity contribution in [2.45, 2.75) is 19.8 Å². The molecule has 0 radical (unpaired) electrons. The molecular formula is C12H14FNO3. The molecule has 2 N–H and O–H groups in total. The Balaban J connectivity index is 2.45. The van der Waals surface area contributed by atoms with E-state index in [9.17, 15) is 14.0 Å². The molecule has 0 bridgehead atoms. The zero-order valence-electron chi connectivity index (χ0n) is 9.50. The Kier molecular flexibility index (Phi) is 4.63. The van der Waals surface area contributed by atoms with Crippen LogP contribution in [-0.2, 0) is 16.0 Å². The largest absolute Gasteiger partial charge is 0.481 e. The first-order valence-electron chi connectivity index (χ1n) is 5.22. The molecule has 0 atom stereocenters. The second kappa shape index (κ2) is 5.98. The Morgan fingerprint density at radius 1 is 1.41 bits per heavy atom. The van der Waals surface area contributed by atoms with Crippen LogP contribution < -0.4 is 5.32 Å². The average molecular weight is 239 g/mol. The van der Waals surface area contributed by atoms with E-state index in [2.05, 4.69) is 5.32 Å². The van der Waals surface area contributed by atoms with Crippen LogP contribution in [0.2, 0.25) is 0 Å². The molecule has 0 heterocycles. The highest BCUT2D eigenvalue weighted by molar-refractivity contribution is 5.79. The summed E-state index contributed by atoms with van der Waals surface area (Å²) in [6, 6.07) is 4.46. The first-order chi connectivity index (χ1) is 7.99. The third-order valence-electron chi connectivity index (χ3n) is 2.25. The van der Waals surface area contributed by atoms with Crippen LogP contribution in [0.5, 0.6) is 0 Å². The highest BCUT2D eigenvalue weighted by atomic mass is 19.1. The summed E-state index contributed by atoms with van der Waals surface area (Å²) in [5.41, 5.74) is 1.19. The summed E-state index contributed by atoms with van der Waals surface area (Å²) in [7, 11) is 0. The van der Waals surface area contributed by atoms with E-state index in [1.165, 1.54) is 6.07 Å². The van der Waals surface area contributed by atoms with E-state index >= 15 is 0 Å². The highest BCUT2D eigenvalue weighted by Crippen LogP contribution is 2.09. The van der Waals surface area contributed by atoms with Crippen LogP contribution in [-0.4, -0.2) is 23.5 Å². The fraction of sp³-hybridized carbons (Fsp3) is 0.333. The second-order valence-corrected chi connectivity index (χ2v) is 3.75. The molecule has 1 aromatic rings. The minimum atomic E-state index is -0.956. The number of nitrogens with one attached hydrogen (secondary N) is 1. The Labute approximate surface area is 98.5 Å². The number of hydrogen-bond donors (Lipinski definition) is 2. The molecule has 0 spiro atoms. The molecule has 0 saturated heterocycles. The summed E-state index contributed by atoms with van der Waals surface area (Å²) >= 11 is 0. The molecule has 17 heavy (non-hydrogen) atoms. The molecule has 0 aliphatic carbocycles. The zero-order valence-corrected chi connectivity index (χ0v) is 9.50. The van der Waals surface area contributed by atoms with Crippen LogP contribution in [0.25, 0.3) is 0 Å². The van der Waals surface area contributed by atoms with Gasteiger partial charge >= 0.3 is 5.97 Å². The maximum Gasteiger partial charge on any atom is 0.305 e. The topological polar surface area (TPSA) is 66.4 Å². The molecule has 0 aliphatic rings. The van der Waals surface area contributed by atoms with Gasteiger partial charge in [0.15, 0.2) is 0 Å².